The van der Waals surface area contributed by atoms with Gasteiger partial charge in [-0.15, -0.1) is 0 Å². The summed E-state index contributed by atoms with van der Waals surface area (Å²) >= 11 is 0. The summed E-state index contributed by atoms with van der Waals surface area (Å²) < 4.78 is 262. The molecule has 0 aromatic heterocycles. The Labute approximate surface area is 828 Å². The fourth-order valence-corrected chi connectivity index (χ4v) is 11.6. The molecule has 818 valence electrons. The van der Waals surface area contributed by atoms with Crippen molar-refractivity contribution in [2.24, 2.45) is 0 Å². The number of hydrogen-bond donors (Lipinski definition) is 1. The monoisotopic (exact) mass is 2040 g/mol. The second-order valence-corrected chi connectivity index (χ2v) is 29.3. The number of halogens is 4. The normalized spacial score (nSPS) is 12.0. The van der Waals surface area contributed by atoms with Crippen LogP contribution in [0.3, 0.4) is 0 Å². The summed E-state index contributed by atoms with van der Waals surface area (Å²) in [7, 11) is 0. The van der Waals surface area contributed by atoms with Gasteiger partial charge in [-0.05, 0) is 22.3 Å². The average molecular weight is 2050 g/mol. The maximum absolute atomic E-state index is 13.6. The number of nitrogens with one attached hydrogen (secondary N) is 1. The Morgan fingerprint density at radius 2 is 0.369 bits per heavy atom. The number of benzene rings is 3. The minimum absolute atomic E-state index is 0.0156. The first-order valence-corrected chi connectivity index (χ1v) is 48.8. The number of amides is 1. The zero-order valence-corrected chi connectivity index (χ0v) is 82.6. The highest BCUT2D eigenvalue weighted by Crippen LogP contribution is 2.44. The minimum Gasteiger partial charge on any atom is -0.449 e. The summed E-state index contributed by atoms with van der Waals surface area (Å²) in [5, 5.41) is 2.75. The van der Waals surface area contributed by atoms with Crippen LogP contribution in [-0.2, 0) is 180 Å². The van der Waals surface area contributed by atoms with Crippen LogP contribution in [0.2, 0.25) is 0 Å². The first kappa shape index (κ1) is 128. The number of carbonyl (C=O) groups is 2. The van der Waals surface area contributed by atoms with Crippen molar-refractivity contribution in [2.75, 3.05) is 489 Å². The van der Waals surface area contributed by atoms with Gasteiger partial charge in [-0.1, -0.05) is 48.5 Å². The summed E-state index contributed by atoms with van der Waals surface area (Å²) in [5.74, 6) is -9.51. The molecule has 1 amide bonds. The predicted octanol–water partition coefficient (Wildman–Crippen LogP) is 5.67. The summed E-state index contributed by atoms with van der Waals surface area (Å²) in [5.41, 5.74) is 4.73. The second-order valence-electron chi connectivity index (χ2n) is 29.3. The molecule has 41 nitrogen and oxygen atoms in total. The van der Waals surface area contributed by atoms with E-state index >= 15 is 0 Å². The van der Waals surface area contributed by atoms with Crippen LogP contribution in [0.1, 0.15) is 23.5 Å². The molecule has 0 radical (unpaired) electrons. The largest absolute Gasteiger partial charge is 0.449 e. The van der Waals surface area contributed by atoms with E-state index in [0.717, 1.165) is 0 Å². The Balaban J connectivity index is 0.669. The van der Waals surface area contributed by atoms with Crippen molar-refractivity contribution in [1.82, 2.24) is 5.32 Å². The summed E-state index contributed by atoms with van der Waals surface area (Å²) in [6, 6.07) is 16.5. The Morgan fingerprint density at radius 1 is 0.213 bits per heavy atom. The van der Waals surface area contributed by atoms with Gasteiger partial charge < -0.3 is 185 Å². The Hall–Kier alpha value is -5.32. The zero-order chi connectivity index (χ0) is 99.9. The van der Waals surface area contributed by atoms with E-state index in [0.29, 0.717) is 456 Å². The van der Waals surface area contributed by atoms with E-state index in [1.165, 1.54) is 22.3 Å². The van der Waals surface area contributed by atoms with Gasteiger partial charge >= 0.3 is 12.1 Å². The highest BCUT2D eigenvalue weighted by atomic mass is 19.2. The number of ether oxygens (including phenoxy) is 38. The average Bonchev–Trinajstić information content (AvgIpc) is 1.61. The van der Waals surface area contributed by atoms with Crippen LogP contribution in [0, 0.1) is 23.3 Å². The lowest BCUT2D eigenvalue weighted by Gasteiger charge is -2.14. The highest BCUT2D eigenvalue weighted by Gasteiger charge is 2.29. The summed E-state index contributed by atoms with van der Waals surface area (Å²) in [4.78, 5) is 24.1. The van der Waals surface area contributed by atoms with Crippen molar-refractivity contribution in [3.05, 3.63) is 89.0 Å². The Bertz CT molecular complexity index is 3090. The molecule has 0 spiro atoms. The van der Waals surface area contributed by atoms with Crippen LogP contribution in [0.25, 0.3) is 11.1 Å². The van der Waals surface area contributed by atoms with Crippen molar-refractivity contribution in [2.45, 2.75) is 12.3 Å². The molecule has 3 aromatic carbocycles. The lowest BCUT2D eigenvalue weighted by Crippen LogP contribution is -2.29. The van der Waals surface area contributed by atoms with Crippen molar-refractivity contribution in [3.63, 3.8) is 0 Å². The summed E-state index contributed by atoms with van der Waals surface area (Å²) in [6.45, 7) is 31.7. The van der Waals surface area contributed by atoms with Gasteiger partial charge in [-0.2, -0.15) is 8.78 Å². The molecule has 0 saturated heterocycles. The molecule has 3 aromatic rings. The van der Waals surface area contributed by atoms with Crippen LogP contribution in [-0.4, -0.2) is 501 Å². The van der Waals surface area contributed by atoms with Crippen LogP contribution < -0.4 is 10.1 Å². The fourth-order valence-electron chi connectivity index (χ4n) is 11.6. The molecule has 141 heavy (non-hydrogen) atoms. The third-order valence-electron chi connectivity index (χ3n) is 18.6. The lowest BCUT2D eigenvalue weighted by atomic mass is 9.98. The quantitative estimate of drug-likeness (QED) is 0.0234. The molecule has 0 saturated carbocycles. The van der Waals surface area contributed by atoms with Gasteiger partial charge in [0.15, 0.2) is 11.6 Å². The lowest BCUT2D eigenvalue weighted by molar-refractivity contribution is -0.136. The van der Waals surface area contributed by atoms with Crippen molar-refractivity contribution in [1.29, 1.82) is 0 Å². The number of carbonyl (C=O) groups excluding carboxylic acids is 2. The third-order valence-corrected chi connectivity index (χ3v) is 18.6. The van der Waals surface area contributed by atoms with Gasteiger partial charge in [0.1, 0.15) is 6.61 Å². The molecule has 0 unspecified atom stereocenters. The molecule has 0 atom stereocenters. The van der Waals surface area contributed by atoms with E-state index < -0.39 is 47.5 Å². The second kappa shape index (κ2) is 102. The van der Waals surface area contributed by atoms with Crippen molar-refractivity contribution in [3.8, 4) is 16.9 Å². The van der Waals surface area contributed by atoms with Crippen LogP contribution in [0.5, 0.6) is 5.75 Å². The van der Waals surface area contributed by atoms with E-state index in [4.69, 9.17) is 175 Å². The molecule has 4 rings (SSSR count). The molecular formula is C96H161F4NO40. The van der Waals surface area contributed by atoms with Crippen molar-refractivity contribution >= 4 is 12.1 Å². The number of rotatable bonds is 114. The van der Waals surface area contributed by atoms with E-state index in [1.807, 2.05) is 24.3 Å². The number of hydrogen-bond acceptors (Lipinski definition) is 40. The van der Waals surface area contributed by atoms with E-state index in [9.17, 15) is 27.2 Å². The first-order valence-electron chi connectivity index (χ1n) is 48.8. The number of fused-ring (bicyclic) bond motifs is 3. The number of alkyl carbamates (subject to hydrolysis) is 1. The molecule has 1 N–H and O–H groups in total. The zero-order valence-electron chi connectivity index (χ0n) is 82.6. The molecule has 0 bridgehead atoms. The van der Waals surface area contributed by atoms with Gasteiger partial charge in [0, 0.05) is 18.5 Å². The highest BCUT2D eigenvalue weighted by molar-refractivity contribution is 5.79. The predicted molar refractivity (Wildman–Crippen MR) is 499 cm³/mol. The molecule has 0 fully saturated rings. The Morgan fingerprint density at radius 3 is 0.546 bits per heavy atom. The molecule has 45 heteroatoms. The third kappa shape index (κ3) is 80.4. The first-order chi connectivity index (χ1) is 69.9. The van der Waals surface area contributed by atoms with E-state index in [2.05, 4.69) is 34.3 Å². The van der Waals surface area contributed by atoms with Crippen LogP contribution in [0.15, 0.2) is 54.6 Å². The van der Waals surface area contributed by atoms with Gasteiger partial charge in [-0.3, -0.25) is 4.79 Å². The maximum Gasteiger partial charge on any atom is 0.407 e. The SMILES string of the molecule is O=C(CCOCCOCCOCCOCCOCCOCCOCCOCCOCCOCCOCCOCCOCCOCCOCCOCCOCCOCCOCCOCCOCCOCCOCCOCCOCCOCCOCCOCCOCCOCCOCCOCCOCCOCCOCCOCCNC(=O)OCC1c2ccccc2-c2ccccc21)Oc1c(F)c(F)cc(F)c1F. The molecule has 1 aliphatic carbocycles. The van der Waals surface area contributed by atoms with Gasteiger partial charge in [-0.25, -0.2) is 13.6 Å². The molecule has 0 aliphatic heterocycles. The van der Waals surface area contributed by atoms with Crippen molar-refractivity contribution < 1.29 is 207 Å². The van der Waals surface area contributed by atoms with Gasteiger partial charge in [0.25, 0.3) is 0 Å². The van der Waals surface area contributed by atoms with Gasteiger partial charge in [0.05, 0.1) is 482 Å². The van der Waals surface area contributed by atoms with Gasteiger partial charge in [0.2, 0.25) is 17.4 Å². The van der Waals surface area contributed by atoms with Crippen LogP contribution >= 0.6 is 0 Å². The maximum atomic E-state index is 13.6. The van der Waals surface area contributed by atoms with E-state index in [-0.39, 0.29) is 45.0 Å². The smallest absolute Gasteiger partial charge is 0.407 e. The van der Waals surface area contributed by atoms with Crippen LogP contribution in [0.4, 0.5) is 22.4 Å². The molecular weight excluding hydrogens is 1880 g/mol. The summed E-state index contributed by atoms with van der Waals surface area (Å²) in [6.07, 6.45) is -0.868. The molecule has 1 aliphatic rings. The number of esters is 1. The minimum atomic E-state index is -1.80. The standard InChI is InChI=1S/C96H161F4NO40/c97-90-83-91(98)94(100)95(93(90)99)141-92(102)9-11-104-13-15-106-17-19-108-21-23-110-25-27-112-29-31-114-33-35-116-37-39-118-41-43-120-45-47-122-49-51-124-53-55-126-57-59-128-61-63-130-65-67-132-69-71-134-73-75-136-77-79-138-81-82-139-80-78-137-76-74-135-72-70-133-68-66-131-64-62-129-60-58-127-56-54-125-52-50-123-48-46-121-44-42-119-40-38-117-36-34-115-32-30-113-28-26-111-24-22-109-20-18-107-16-14-105-12-10-101-96(103)140-84-89-87-7-3-1-5-85(87)86-6-2-4-8-88(86)89/h1-8,83,89H,9-82,84H2,(H,101,103). The topological polar surface area (TPSA) is 397 Å². The van der Waals surface area contributed by atoms with E-state index in [1.54, 1.807) is 0 Å². The fraction of sp³-hybridized carbons (Fsp3) is 0.792. The Kier molecular flexibility index (Phi) is 92.5. The molecule has 0 heterocycles.